The van der Waals surface area contributed by atoms with E-state index in [4.69, 9.17) is 0 Å². The summed E-state index contributed by atoms with van der Waals surface area (Å²) in [7, 11) is 3.43. The number of hydrogen-bond acceptors (Lipinski definition) is 5. The lowest BCUT2D eigenvalue weighted by Crippen LogP contribution is -2.24. The topological polar surface area (TPSA) is 84.4 Å². The van der Waals surface area contributed by atoms with Crippen LogP contribution in [-0.2, 0) is 7.05 Å². The summed E-state index contributed by atoms with van der Waals surface area (Å²) in [6.07, 6.45) is 0.128. The molecule has 7 heteroatoms. The van der Waals surface area contributed by atoms with Crippen LogP contribution in [0.3, 0.4) is 0 Å². The van der Waals surface area contributed by atoms with E-state index in [9.17, 15) is 15.2 Å². The van der Waals surface area contributed by atoms with E-state index in [1.54, 1.807) is 32.8 Å². The van der Waals surface area contributed by atoms with Gasteiger partial charge in [-0.1, -0.05) is 0 Å². The molecule has 1 heterocycles. The van der Waals surface area contributed by atoms with Crippen LogP contribution in [-0.4, -0.2) is 39.5 Å². The number of nitro groups is 1. The molecule has 0 fully saturated rings. The maximum absolute atomic E-state index is 11.0. The molecule has 7 nitrogen and oxygen atoms in total. The molecule has 0 aliphatic carbocycles. The molecule has 0 saturated carbocycles. The van der Waals surface area contributed by atoms with E-state index >= 15 is 0 Å². The molecule has 0 bridgehead atoms. The Labute approximate surface area is 99.8 Å². The molecule has 1 aromatic rings. The molecular weight excluding hydrogens is 224 g/mol. The molecule has 1 N–H and O–H groups in total. The van der Waals surface area contributed by atoms with Crippen LogP contribution in [0.1, 0.15) is 19.0 Å². The van der Waals surface area contributed by atoms with Crippen LogP contribution >= 0.6 is 0 Å². The molecule has 0 aliphatic rings. The van der Waals surface area contributed by atoms with Gasteiger partial charge in [-0.15, -0.1) is 0 Å². The Balaban J connectivity index is 2.99. The quantitative estimate of drug-likeness (QED) is 0.611. The number of aromatic nitrogens is 2. The van der Waals surface area contributed by atoms with Crippen LogP contribution in [0.15, 0.2) is 0 Å². The maximum Gasteiger partial charge on any atom is 0.333 e. The first-order valence-electron chi connectivity index (χ1n) is 5.41. The zero-order chi connectivity index (χ0) is 13.2. The van der Waals surface area contributed by atoms with Crippen molar-refractivity contribution >= 4 is 11.5 Å². The second kappa shape index (κ2) is 5.13. The minimum absolute atomic E-state index is 0.0283. The molecule has 1 unspecified atom stereocenters. The minimum atomic E-state index is -0.425. The van der Waals surface area contributed by atoms with E-state index in [0.717, 1.165) is 0 Å². The summed E-state index contributed by atoms with van der Waals surface area (Å²) in [6.45, 7) is 3.85. The van der Waals surface area contributed by atoms with Crippen molar-refractivity contribution in [2.24, 2.45) is 7.05 Å². The number of rotatable bonds is 5. The van der Waals surface area contributed by atoms with E-state index in [-0.39, 0.29) is 5.69 Å². The molecule has 0 amide bonds. The van der Waals surface area contributed by atoms with Crippen LogP contribution < -0.4 is 4.90 Å². The first kappa shape index (κ1) is 13.4. The van der Waals surface area contributed by atoms with Gasteiger partial charge in [-0.05, 0) is 20.3 Å². The van der Waals surface area contributed by atoms with Gasteiger partial charge in [0.1, 0.15) is 5.69 Å². The van der Waals surface area contributed by atoms with Gasteiger partial charge in [0.25, 0.3) is 0 Å². The molecule has 0 spiro atoms. The zero-order valence-electron chi connectivity index (χ0n) is 10.5. The summed E-state index contributed by atoms with van der Waals surface area (Å²) in [6, 6.07) is 0. The molecular formula is C10H18N4O3. The van der Waals surface area contributed by atoms with Gasteiger partial charge in [0, 0.05) is 20.6 Å². The van der Waals surface area contributed by atoms with E-state index in [0.29, 0.717) is 24.5 Å². The van der Waals surface area contributed by atoms with Crippen LogP contribution in [0, 0.1) is 17.0 Å². The number of nitrogens with zero attached hydrogens (tertiary/aromatic N) is 4. The number of aryl methyl sites for hydroxylation is 2. The lowest BCUT2D eigenvalue weighted by Gasteiger charge is -2.18. The van der Waals surface area contributed by atoms with Crippen molar-refractivity contribution in [2.75, 3.05) is 18.5 Å². The van der Waals surface area contributed by atoms with Gasteiger partial charge in [0.05, 0.1) is 11.0 Å². The standard InChI is InChI=1S/C10H18N4O3/c1-7(15)5-6-12(3)10-9(14(16)17)8(2)11-13(10)4/h7,15H,5-6H2,1-4H3. The summed E-state index contributed by atoms with van der Waals surface area (Å²) < 4.78 is 1.50. The van der Waals surface area contributed by atoms with Crippen molar-refractivity contribution in [3.63, 3.8) is 0 Å². The highest BCUT2D eigenvalue weighted by molar-refractivity contribution is 5.60. The molecule has 1 aromatic heterocycles. The molecule has 17 heavy (non-hydrogen) atoms. The number of aliphatic hydroxyl groups excluding tert-OH is 1. The lowest BCUT2D eigenvalue weighted by atomic mass is 10.2. The van der Waals surface area contributed by atoms with Gasteiger partial charge in [-0.2, -0.15) is 5.10 Å². The average Bonchev–Trinajstić information content (AvgIpc) is 2.49. The third kappa shape index (κ3) is 2.94. The smallest absolute Gasteiger partial charge is 0.333 e. The molecule has 0 aromatic carbocycles. The van der Waals surface area contributed by atoms with Gasteiger partial charge >= 0.3 is 5.69 Å². The SMILES string of the molecule is Cc1nn(C)c(N(C)CCC(C)O)c1[N+](=O)[O-]. The monoisotopic (exact) mass is 242 g/mol. The van der Waals surface area contributed by atoms with Gasteiger partial charge < -0.3 is 10.0 Å². The normalized spacial score (nSPS) is 12.5. The van der Waals surface area contributed by atoms with Crippen molar-refractivity contribution in [3.8, 4) is 0 Å². The first-order valence-corrected chi connectivity index (χ1v) is 5.41. The predicted octanol–water partition coefficient (Wildman–Crippen LogP) is 0.844. The van der Waals surface area contributed by atoms with E-state index in [1.165, 1.54) is 4.68 Å². The van der Waals surface area contributed by atoms with E-state index in [1.807, 2.05) is 0 Å². The molecule has 0 radical (unpaired) electrons. The fourth-order valence-electron chi connectivity index (χ4n) is 1.76. The highest BCUT2D eigenvalue weighted by Crippen LogP contribution is 2.30. The number of aliphatic hydroxyl groups is 1. The molecule has 1 atom stereocenters. The summed E-state index contributed by atoms with van der Waals surface area (Å²) in [5.41, 5.74) is 0.428. The van der Waals surface area contributed by atoms with Gasteiger partial charge in [-0.25, -0.2) is 4.68 Å². The largest absolute Gasteiger partial charge is 0.393 e. The fourth-order valence-corrected chi connectivity index (χ4v) is 1.76. The minimum Gasteiger partial charge on any atom is -0.393 e. The molecule has 0 saturated heterocycles. The Morgan fingerprint density at radius 1 is 1.65 bits per heavy atom. The van der Waals surface area contributed by atoms with Gasteiger partial charge in [-0.3, -0.25) is 10.1 Å². The van der Waals surface area contributed by atoms with Gasteiger partial charge in [0.2, 0.25) is 5.82 Å². The van der Waals surface area contributed by atoms with Crippen molar-refractivity contribution in [1.82, 2.24) is 9.78 Å². The number of anilines is 1. The zero-order valence-corrected chi connectivity index (χ0v) is 10.5. The van der Waals surface area contributed by atoms with E-state index < -0.39 is 11.0 Å². The first-order chi connectivity index (χ1) is 7.84. The van der Waals surface area contributed by atoms with E-state index in [2.05, 4.69) is 5.10 Å². The summed E-state index contributed by atoms with van der Waals surface area (Å²) in [4.78, 5) is 12.3. The average molecular weight is 242 g/mol. The Morgan fingerprint density at radius 3 is 2.71 bits per heavy atom. The number of hydrogen-bond donors (Lipinski definition) is 1. The van der Waals surface area contributed by atoms with Crippen LogP contribution in [0.4, 0.5) is 11.5 Å². The Morgan fingerprint density at radius 2 is 2.24 bits per heavy atom. The molecule has 0 aliphatic heterocycles. The van der Waals surface area contributed by atoms with Crippen molar-refractivity contribution in [2.45, 2.75) is 26.4 Å². The predicted molar refractivity (Wildman–Crippen MR) is 64.2 cm³/mol. The second-order valence-corrected chi connectivity index (χ2v) is 4.20. The van der Waals surface area contributed by atoms with Crippen molar-refractivity contribution < 1.29 is 10.0 Å². The van der Waals surface area contributed by atoms with Crippen molar-refractivity contribution in [1.29, 1.82) is 0 Å². The highest BCUT2D eigenvalue weighted by Gasteiger charge is 2.26. The van der Waals surface area contributed by atoms with Crippen molar-refractivity contribution in [3.05, 3.63) is 15.8 Å². The fraction of sp³-hybridized carbons (Fsp3) is 0.700. The highest BCUT2D eigenvalue weighted by atomic mass is 16.6. The summed E-state index contributed by atoms with van der Waals surface area (Å²) >= 11 is 0. The van der Waals surface area contributed by atoms with Crippen LogP contribution in [0.25, 0.3) is 0 Å². The van der Waals surface area contributed by atoms with Gasteiger partial charge in [0.15, 0.2) is 0 Å². The second-order valence-electron chi connectivity index (χ2n) is 4.20. The Hall–Kier alpha value is -1.63. The maximum atomic E-state index is 11.0. The summed E-state index contributed by atoms with van der Waals surface area (Å²) in [5, 5.41) is 24.2. The third-order valence-corrected chi connectivity index (χ3v) is 2.59. The molecule has 1 rings (SSSR count). The Bertz CT molecular complexity index is 414. The third-order valence-electron chi connectivity index (χ3n) is 2.59. The summed E-state index contributed by atoms with van der Waals surface area (Å²) in [5.74, 6) is 0.466. The Kier molecular flexibility index (Phi) is 4.06. The van der Waals surface area contributed by atoms with Crippen LogP contribution in [0.5, 0.6) is 0 Å². The lowest BCUT2D eigenvalue weighted by molar-refractivity contribution is -0.384. The van der Waals surface area contributed by atoms with Crippen LogP contribution in [0.2, 0.25) is 0 Å². The molecule has 96 valence electrons.